The Morgan fingerprint density at radius 3 is 2.33 bits per heavy atom. The predicted octanol–water partition coefficient (Wildman–Crippen LogP) is 4.04. The van der Waals surface area contributed by atoms with Gasteiger partial charge in [-0.05, 0) is 47.2 Å². The average Bonchev–Trinajstić information content (AvgIpc) is 2.27. The molecule has 1 aromatic heterocycles. The van der Waals surface area contributed by atoms with Crippen LogP contribution in [0.25, 0.3) is 11.4 Å². The molecule has 0 saturated carbocycles. The zero-order valence-corrected chi connectivity index (χ0v) is 11.7. The van der Waals surface area contributed by atoms with Crippen LogP contribution in [0.1, 0.15) is 19.4 Å². The molecule has 5 heteroatoms. The van der Waals surface area contributed by atoms with Crippen molar-refractivity contribution in [1.82, 2.24) is 15.0 Å². The first kappa shape index (κ1) is 13.2. The van der Waals surface area contributed by atoms with Crippen molar-refractivity contribution in [3.8, 4) is 11.4 Å². The molecular weight excluding hydrogens is 269 g/mol. The van der Waals surface area contributed by atoms with Gasteiger partial charge in [0.25, 0.3) is 0 Å². The lowest BCUT2D eigenvalue weighted by atomic mass is 10.0. The monoisotopic (exact) mass is 281 g/mol. The van der Waals surface area contributed by atoms with Crippen molar-refractivity contribution in [1.29, 1.82) is 0 Å². The Hall–Kier alpha value is -1.19. The van der Waals surface area contributed by atoms with Gasteiger partial charge in [-0.1, -0.05) is 32.0 Å². The summed E-state index contributed by atoms with van der Waals surface area (Å²) in [4.78, 5) is 11.9. The summed E-state index contributed by atoms with van der Waals surface area (Å²) in [5, 5.41) is 0.221. The number of rotatable bonds is 3. The number of benzene rings is 1. The molecule has 0 aliphatic carbocycles. The second-order valence-corrected chi connectivity index (χ2v) is 5.17. The molecule has 0 unspecified atom stereocenters. The van der Waals surface area contributed by atoms with Crippen LogP contribution in [0.3, 0.4) is 0 Å². The molecule has 0 amide bonds. The van der Waals surface area contributed by atoms with Gasteiger partial charge in [-0.15, -0.1) is 0 Å². The molecule has 2 rings (SSSR count). The smallest absolute Gasteiger partial charge is 0.198 e. The standard InChI is InChI=1S/C13H13Cl2N3/c1-8(2)6-9-4-3-5-10(7-9)11-16-12(14)18-13(15)17-11/h3-5,7-8H,6H2,1-2H3. The molecule has 0 spiro atoms. The highest BCUT2D eigenvalue weighted by Crippen LogP contribution is 2.20. The highest BCUT2D eigenvalue weighted by Gasteiger charge is 2.07. The van der Waals surface area contributed by atoms with E-state index in [1.807, 2.05) is 12.1 Å². The fourth-order valence-corrected chi connectivity index (χ4v) is 2.13. The lowest BCUT2D eigenvalue weighted by molar-refractivity contribution is 0.647. The van der Waals surface area contributed by atoms with E-state index in [-0.39, 0.29) is 10.6 Å². The Kier molecular flexibility index (Phi) is 4.15. The molecule has 0 N–H and O–H groups in total. The van der Waals surface area contributed by atoms with Gasteiger partial charge in [0.05, 0.1) is 0 Å². The van der Waals surface area contributed by atoms with Crippen LogP contribution in [0.5, 0.6) is 0 Å². The molecule has 1 aromatic carbocycles. The number of halogens is 2. The summed E-state index contributed by atoms with van der Waals surface area (Å²) in [6.07, 6.45) is 1.01. The fraction of sp³-hybridized carbons (Fsp3) is 0.308. The van der Waals surface area contributed by atoms with Gasteiger partial charge in [0.2, 0.25) is 10.6 Å². The quantitative estimate of drug-likeness (QED) is 0.852. The number of aromatic nitrogens is 3. The maximum atomic E-state index is 5.78. The zero-order chi connectivity index (χ0) is 13.1. The second kappa shape index (κ2) is 5.63. The van der Waals surface area contributed by atoms with Crippen LogP contribution in [0.4, 0.5) is 0 Å². The first-order valence-corrected chi connectivity index (χ1v) is 6.46. The van der Waals surface area contributed by atoms with Crippen molar-refractivity contribution >= 4 is 23.2 Å². The number of nitrogens with zero attached hydrogens (tertiary/aromatic N) is 3. The lowest BCUT2D eigenvalue weighted by Gasteiger charge is -2.07. The van der Waals surface area contributed by atoms with E-state index in [1.165, 1.54) is 5.56 Å². The Balaban J connectivity index is 2.38. The fourth-order valence-electron chi connectivity index (χ4n) is 1.76. The minimum absolute atomic E-state index is 0.110. The van der Waals surface area contributed by atoms with E-state index in [0.29, 0.717) is 11.7 Å². The third-order valence-corrected chi connectivity index (χ3v) is 2.75. The summed E-state index contributed by atoms with van der Waals surface area (Å²) in [7, 11) is 0. The molecule has 0 bridgehead atoms. The molecule has 94 valence electrons. The first-order valence-electron chi connectivity index (χ1n) is 5.71. The van der Waals surface area contributed by atoms with Crippen molar-refractivity contribution in [2.75, 3.05) is 0 Å². The molecule has 0 fully saturated rings. The Labute approximate surface area is 116 Å². The second-order valence-electron chi connectivity index (χ2n) is 4.50. The Morgan fingerprint density at radius 2 is 1.72 bits per heavy atom. The lowest BCUT2D eigenvalue weighted by Crippen LogP contribution is -1.97. The van der Waals surface area contributed by atoms with Gasteiger partial charge in [0.1, 0.15) is 0 Å². The van der Waals surface area contributed by atoms with Gasteiger partial charge >= 0.3 is 0 Å². The van der Waals surface area contributed by atoms with Crippen LogP contribution in [0.2, 0.25) is 10.6 Å². The third kappa shape index (κ3) is 3.40. The van der Waals surface area contributed by atoms with E-state index in [1.54, 1.807) is 0 Å². The largest absolute Gasteiger partial charge is 0.227 e. The van der Waals surface area contributed by atoms with Gasteiger partial charge in [0.15, 0.2) is 5.82 Å². The summed E-state index contributed by atoms with van der Waals surface area (Å²) >= 11 is 11.6. The molecule has 0 saturated heterocycles. The molecule has 3 nitrogen and oxygen atoms in total. The SMILES string of the molecule is CC(C)Cc1cccc(-c2nc(Cl)nc(Cl)n2)c1. The highest BCUT2D eigenvalue weighted by molar-refractivity contribution is 6.31. The maximum absolute atomic E-state index is 5.78. The molecule has 0 aliphatic heterocycles. The summed E-state index contributed by atoms with van der Waals surface area (Å²) in [5.41, 5.74) is 2.15. The summed E-state index contributed by atoms with van der Waals surface area (Å²) in [6.45, 7) is 4.37. The molecular formula is C13H13Cl2N3. The van der Waals surface area contributed by atoms with Crippen LogP contribution in [0.15, 0.2) is 24.3 Å². The van der Waals surface area contributed by atoms with E-state index >= 15 is 0 Å². The van der Waals surface area contributed by atoms with Crippen LogP contribution in [-0.4, -0.2) is 15.0 Å². The number of hydrogen-bond acceptors (Lipinski definition) is 3. The van der Waals surface area contributed by atoms with Crippen molar-refractivity contribution in [2.24, 2.45) is 5.92 Å². The first-order chi connectivity index (χ1) is 8.54. The Morgan fingerprint density at radius 1 is 1.06 bits per heavy atom. The van der Waals surface area contributed by atoms with E-state index < -0.39 is 0 Å². The van der Waals surface area contributed by atoms with Crippen LogP contribution >= 0.6 is 23.2 Å². The van der Waals surface area contributed by atoms with E-state index in [2.05, 4.69) is 40.9 Å². The van der Waals surface area contributed by atoms with Crippen LogP contribution in [-0.2, 0) is 6.42 Å². The highest BCUT2D eigenvalue weighted by atomic mass is 35.5. The normalized spacial score (nSPS) is 10.9. The van der Waals surface area contributed by atoms with E-state index in [4.69, 9.17) is 23.2 Å². The van der Waals surface area contributed by atoms with E-state index in [9.17, 15) is 0 Å². The van der Waals surface area contributed by atoms with Crippen molar-refractivity contribution in [3.63, 3.8) is 0 Å². The summed E-state index contributed by atoms with van der Waals surface area (Å²) < 4.78 is 0. The molecule has 2 aromatic rings. The third-order valence-electron chi connectivity index (χ3n) is 2.41. The summed E-state index contributed by atoms with van der Waals surface area (Å²) in [5.74, 6) is 1.11. The van der Waals surface area contributed by atoms with Gasteiger partial charge in [-0.2, -0.15) is 15.0 Å². The van der Waals surface area contributed by atoms with Crippen LogP contribution < -0.4 is 0 Å². The van der Waals surface area contributed by atoms with Crippen LogP contribution in [0, 0.1) is 5.92 Å². The molecule has 0 radical (unpaired) electrons. The van der Waals surface area contributed by atoms with E-state index in [0.717, 1.165) is 12.0 Å². The van der Waals surface area contributed by atoms with Gasteiger partial charge < -0.3 is 0 Å². The molecule has 1 heterocycles. The van der Waals surface area contributed by atoms with Crippen molar-refractivity contribution < 1.29 is 0 Å². The molecule has 0 aliphatic rings. The summed E-state index contributed by atoms with van der Waals surface area (Å²) in [6, 6.07) is 8.07. The average molecular weight is 282 g/mol. The number of hydrogen-bond donors (Lipinski definition) is 0. The van der Waals surface area contributed by atoms with Gasteiger partial charge in [-0.3, -0.25) is 0 Å². The van der Waals surface area contributed by atoms with Gasteiger partial charge in [0, 0.05) is 5.56 Å². The predicted molar refractivity (Wildman–Crippen MR) is 73.8 cm³/mol. The molecule has 0 atom stereocenters. The van der Waals surface area contributed by atoms with Crippen molar-refractivity contribution in [3.05, 3.63) is 40.4 Å². The topological polar surface area (TPSA) is 38.7 Å². The zero-order valence-electron chi connectivity index (χ0n) is 10.2. The minimum Gasteiger partial charge on any atom is -0.198 e. The Bertz CT molecular complexity index is 535. The van der Waals surface area contributed by atoms with Gasteiger partial charge in [-0.25, -0.2) is 0 Å². The van der Waals surface area contributed by atoms with Crippen molar-refractivity contribution in [2.45, 2.75) is 20.3 Å². The maximum Gasteiger partial charge on any atom is 0.227 e. The minimum atomic E-state index is 0.110. The molecule has 18 heavy (non-hydrogen) atoms.